The number of amides is 1. The number of aryl methyl sites for hydroxylation is 1. The third kappa shape index (κ3) is 4.14. The molecule has 0 aliphatic carbocycles. The van der Waals surface area contributed by atoms with Crippen molar-refractivity contribution in [2.45, 2.75) is 12.8 Å². The van der Waals surface area contributed by atoms with E-state index >= 15 is 0 Å². The van der Waals surface area contributed by atoms with Crippen LogP contribution in [0.4, 0.5) is 0 Å². The molecule has 1 saturated heterocycles. The summed E-state index contributed by atoms with van der Waals surface area (Å²) >= 11 is 6.01. The van der Waals surface area contributed by atoms with Gasteiger partial charge >= 0.3 is 0 Å². The fourth-order valence-corrected chi connectivity index (χ4v) is 3.45. The van der Waals surface area contributed by atoms with Gasteiger partial charge in [-0.15, -0.1) is 0 Å². The first-order valence-corrected chi connectivity index (χ1v) is 8.88. The summed E-state index contributed by atoms with van der Waals surface area (Å²) in [5, 5.41) is 0.690. The SMILES string of the molecule is Cc1cc(OCC(=O)N2C[C@@H](CN)[C@H](c3ccccc3)C2)ccc1Cl. The molecule has 1 aliphatic heterocycles. The first-order valence-electron chi connectivity index (χ1n) is 8.50. The average molecular weight is 359 g/mol. The Kier molecular flexibility index (Phi) is 5.61. The highest BCUT2D eigenvalue weighted by Crippen LogP contribution is 2.32. The van der Waals surface area contributed by atoms with Crippen LogP contribution < -0.4 is 10.5 Å². The zero-order valence-corrected chi connectivity index (χ0v) is 15.1. The number of likely N-dealkylation sites (tertiary alicyclic amines) is 1. The fraction of sp³-hybridized carbons (Fsp3) is 0.350. The lowest BCUT2D eigenvalue weighted by molar-refractivity contribution is -0.132. The molecule has 2 aromatic rings. The van der Waals surface area contributed by atoms with Crippen molar-refractivity contribution in [3.05, 3.63) is 64.7 Å². The van der Waals surface area contributed by atoms with Gasteiger partial charge in [0.25, 0.3) is 5.91 Å². The molecular weight excluding hydrogens is 336 g/mol. The van der Waals surface area contributed by atoms with Crippen LogP contribution >= 0.6 is 11.6 Å². The average Bonchev–Trinajstić information content (AvgIpc) is 3.08. The molecular formula is C20H23ClN2O2. The summed E-state index contributed by atoms with van der Waals surface area (Å²) in [4.78, 5) is 14.4. The number of hydrogen-bond donors (Lipinski definition) is 1. The van der Waals surface area contributed by atoms with Crippen molar-refractivity contribution >= 4 is 17.5 Å². The van der Waals surface area contributed by atoms with Crippen molar-refractivity contribution in [2.24, 2.45) is 11.7 Å². The van der Waals surface area contributed by atoms with Gasteiger partial charge in [0.15, 0.2) is 6.61 Å². The smallest absolute Gasteiger partial charge is 0.260 e. The Morgan fingerprint density at radius 1 is 1.24 bits per heavy atom. The summed E-state index contributed by atoms with van der Waals surface area (Å²) in [6, 6.07) is 15.7. The summed E-state index contributed by atoms with van der Waals surface area (Å²) in [5.41, 5.74) is 8.11. The second-order valence-electron chi connectivity index (χ2n) is 6.51. The summed E-state index contributed by atoms with van der Waals surface area (Å²) in [6.45, 7) is 3.87. The minimum atomic E-state index is -0.00974. The molecule has 0 unspecified atom stereocenters. The number of ether oxygens (including phenoxy) is 1. The van der Waals surface area contributed by atoms with Crippen molar-refractivity contribution in [1.82, 2.24) is 4.90 Å². The number of benzene rings is 2. The van der Waals surface area contributed by atoms with Crippen LogP contribution in [0.15, 0.2) is 48.5 Å². The number of nitrogens with two attached hydrogens (primary N) is 1. The Balaban J connectivity index is 1.61. The van der Waals surface area contributed by atoms with E-state index in [1.165, 1.54) is 5.56 Å². The summed E-state index contributed by atoms with van der Waals surface area (Å²) in [5.74, 6) is 1.21. The molecule has 25 heavy (non-hydrogen) atoms. The van der Waals surface area contributed by atoms with Gasteiger partial charge in [-0.2, -0.15) is 0 Å². The molecule has 1 fully saturated rings. The van der Waals surface area contributed by atoms with Crippen LogP contribution in [0, 0.1) is 12.8 Å². The lowest BCUT2D eigenvalue weighted by Crippen LogP contribution is -2.33. The predicted octanol–water partition coefficient (Wildman–Crippen LogP) is 3.23. The van der Waals surface area contributed by atoms with Gasteiger partial charge in [0.1, 0.15) is 5.75 Å². The monoisotopic (exact) mass is 358 g/mol. The Hall–Kier alpha value is -2.04. The molecule has 0 aromatic heterocycles. The van der Waals surface area contributed by atoms with Gasteiger partial charge in [-0.1, -0.05) is 41.9 Å². The second-order valence-corrected chi connectivity index (χ2v) is 6.92. The zero-order valence-electron chi connectivity index (χ0n) is 14.3. The van der Waals surface area contributed by atoms with Gasteiger partial charge in [-0.3, -0.25) is 4.79 Å². The van der Waals surface area contributed by atoms with Crippen LogP contribution in [-0.2, 0) is 4.79 Å². The third-order valence-electron chi connectivity index (χ3n) is 4.82. The first-order chi connectivity index (χ1) is 12.1. The Morgan fingerprint density at radius 2 is 2.00 bits per heavy atom. The maximum Gasteiger partial charge on any atom is 0.260 e. The maximum atomic E-state index is 12.5. The minimum absolute atomic E-state index is 0.00974. The summed E-state index contributed by atoms with van der Waals surface area (Å²) in [7, 11) is 0. The van der Waals surface area contributed by atoms with Crippen molar-refractivity contribution in [2.75, 3.05) is 26.2 Å². The van der Waals surface area contributed by atoms with E-state index in [9.17, 15) is 4.79 Å². The number of halogens is 1. The molecule has 0 bridgehead atoms. The van der Waals surface area contributed by atoms with Crippen LogP contribution in [0.5, 0.6) is 5.75 Å². The topological polar surface area (TPSA) is 55.6 Å². The molecule has 132 valence electrons. The lowest BCUT2D eigenvalue weighted by atomic mass is 9.89. The van der Waals surface area contributed by atoms with Crippen molar-refractivity contribution < 1.29 is 9.53 Å². The lowest BCUT2D eigenvalue weighted by Gasteiger charge is -2.17. The number of rotatable bonds is 5. The quantitative estimate of drug-likeness (QED) is 0.892. The molecule has 0 spiro atoms. The molecule has 2 aromatic carbocycles. The number of carbonyl (C=O) groups excluding carboxylic acids is 1. The van der Waals surface area contributed by atoms with E-state index in [1.807, 2.05) is 36.1 Å². The van der Waals surface area contributed by atoms with Crippen LogP contribution in [0.1, 0.15) is 17.0 Å². The normalized spacial score (nSPS) is 19.9. The molecule has 3 rings (SSSR count). The van der Waals surface area contributed by atoms with Crippen LogP contribution in [-0.4, -0.2) is 37.0 Å². The molecule has 2 N–H and O–H groups in total. The largest absolute Gasteiger partial charge is 0.484 e. The molecule has 5 heteroatoms. The van der Waals surface area contributed by atoms with Crippen LogP contribution in [0.2, 0.25) is 5.02 Å². The molecule has 2 atom stereocenters. The number of carbonyl (C=O) groups is 1. The Labute approximate surface area is 153 Å². The van der Waals surface area contributed by atoms with E-state index in [2.05, 4.69) is 12.1 Å². The van der Waals surface area contributed by atoms with E-state index in [0.717, 1.165) is 5.56 Å². The standard InChI is InChI=1S/C20H23ClN2O2/c1-14-9-17(7-8-19(14)21)25-13-20(24)23-11-16(10-22)18(12-23)15-5-3-2-4-6-15/h2-9,16,18H,10-13,22H2,1H3/t16-,18+/m1/s1. The Bertz CT molecular complexity index is 736. The maximum absolute atomic E-state index is 12.5. The highest BCUT2D eigenvalue weighted by atomic mass is 35.5. The third-order valence-corrected chi connectivity index (χ3v) is 5.24. The van der Waals surface area contributed by atoms with E-state index in [1.54, 1.807) is 12.1 Å². The Morgan fingerprint density at radius 3 is 2.68 bits per heavy atom. The molecule has 1 aliphatic rings. The van der Waals surface area contributed by atoms with Crippen LogP contribution in [0.25, 0.3) is 0 Å². The molecule has 1 heterocycles. The van der Waals surface area contributed by atoms with Crippen molar-refractivity contribution in [1.29, 1.82) is 0 Å². The molecule has 0 saturated carbocycles. The van der Waals surface area contributed by atoms with Gasteiger partial charge in [0.05, 0.1) is 0 Å². The van der Waals surface area contributed by atoms with Gasteiger partial charge < -0.3 is 15.4 Å². The molecule has 1 amide bonds. The highest BCUT2D eigenvalue weighted by molar-refractivity contribution is 6.31. The van der Waals surface area contributed by atoms with Crippen molar-refractivity contribution in [3.8, 4) is 5.75 Å². The summed E-state index contributed by atoms with van der Waals surface area (Å²) in [6.07, 6.45) is 0. The zero-order chi connectivity index (χ0) is 17.8. The number of hydrogen-bond acceptors (Lipinski definition) is 3. The highest BCUT2D eigenvalue weighted by Gasteiger charge is 2.35. The summed E-state index contributed by atoms with van der Waals surface area (Å²) < 4.78 is 5.64. The predicted molar refractivity (Wildman–Crippen MR) is 100.0 cm³/mol. The van der Waals surface area contributed by atoms with Gasteiger partial charge in [0, 0.05) is 24.0 Å². The molecule has 4 nitrogen and oxygen atoms in total. The first kappa shape index (κ1) is 17.8. The van der Waals surface area contributed by atoms with E-state index < -0.39 is 0 Å². The number of nitrogens with zero attached hydrogens (tertiary/aromatic N) is 1. The fourth-order valence-electron chi connectivity index (χ4n) is 3.33. The van der Waals surface area contributed by atoms with Crippen molar-refractivity contribution in [3.63, 3.8) is 0 Å². The van der Waals surface area contributed by atoms with Gasteiger partial charge in [-0.05, 0) is 48.7 Å². The van der Waals surface area contributed by atoms with E-state index in [0.29, 0.717) is 30.4 Å². The van der Waals surface area contributed by atoms with E-state index in [-0.39, 0.29) is 24.3 Å². The minimum Gasteiger partial charge on any atom is -0.484 e. The molecule has 0 radical (unpaired) electrons. The van der Waals surface area contributed by atoms with Crippen LogP contribution in [0.3, 0.4) is 0 Å². The van der Waals surface area contributed by atoms with Gasteiger partial charge in [-0.25, -0.2) is 0 Å². The second kappa shape index (κ2) is 7.89. The van der Waals surface area contributed by atoms with E-state index in [4.69, 9.17) is 22.1 Å². The van der Waals surface area contributed by atoms with Gasteiger partial charge in [0.2, 0.25) is 0 Å².